The van der Waals surface area contributed by atoms with Crippen LogP contribution in [0.2, 0.25) is 0 Å². The summed E-state index contributed by atoms with van der Waals surface area (Å²) in [6, 6.07) is 0.0726. The molecule has 5 heteroatoms. The quantitative estimate of drug-likeness (QED) is 0.793. The van der Waals surface area contributed by atoms with Crippen LogP contribution in [-0.2, 0) is 4.74 Å². The van der Waals surface area contributed by atoms with Crippen molar-refractivity contribution in [2.45, 2.75) is 44.6 Å². The second kappa shape index (κ2) is 7.03. The second-order valence-corrected chi connectivity index (χ2v) is 5.39. The van der Waals surface area contributed by atoms with Gasteiger partial charge in [-0.2, -0.15) is 0 Å². The van der Waals surface area contributed by atoms with Crippen LogP contribution in [0.3, 0.4) is 0 Å². The molecule has 0 aromatic carbocycles. The molecule has 17 heavy (non-hydrogen) atoms. The molecule has 0 saturated carbocycles. The molecule has 96 valence electrons. The standard InChI is InChI=1S/C12H21N3OS/c13-11(12-9-17-15-14-12)4-2-1-3-10-5-7-16-8-6-10/h9-11H,1-8,13H2. The van der Waals surface area contributed by atoms with Gasteiger partial charge in [0.25, 0.3) is 0 Å². The Balaban J connectivity index is 1.56. The highest BCUT2D eigenvalue weighted by Crippen LogP contribution is 2.23. The summed E-state index contributed by atoms with van der Waals surface area (Å²) >= 11 is 1.37. The molecule has 0 aliphatic carbocycles. The number of nitrogens with zero attached hydrogens (tertiary/aromatic N) is 2. The Bertz CT molecular complexity index is 299. The SMILES string of the molecule is NC(CCCCC1CCOCC1)c1csnn1. The molecule has 1 atom stereocenters. The van der Waals surface area contributed by atoms with Crippen molar-refractivity contribution in [3.05, 3.63) is 11.1 Å². The van der Waals surface area contributed by atoms with E-state index in [9.17, 15) is 0 Å². The molecule has 0 amide bonds. The van der Waals surface area contributed by atoms with Crippen molar-refractivity contribution >= 4 is 11.5 Å². The van der Waals surface area contributed by atoms with Gasteiger partial charge in [0.2, 0.25) is 0 Å². The molecule has 0 radical (unpaired) electrons. The number of unbranched alkanes of at least 4 members (excludes halogenated alkanes) is 1. The number of ether oxygens (including phenoxy) is 1. The topological polar surface area (TPSA) is 61.0 Å². The van der Waals surface area contributed by atoms with Crippen LogP contribution in [-0.4, -0.2) is 22.8 Å². The van der Waals surface area contributed by atoms with Crippen LogP contribution in [0.4, 0.5) is 0 Å². The Morgan fingerprint density at radius 1 is 1.41 bits per heavy atom. The number of nitrogens with two attached hydrogens (primary N) is 1. The fraction of sp³-hybridized carbons (Fsp3) is 0.833. The predicted molar refractivity (Wildman–Crippen MR) is 68.8 cm³/mol. The Hall–Kier alpha value is -0.520. The Morgan fingerprint density at radius 2 is 2.24 bits per heavy atom. The Labute approximate surface area is 107 Å². The first-order chi connectivity index (χ1) is 8.36. The number of hydrogen-bond donors (Lipinski definition) is 1. The van der Waals surface area contributed by atoms with Crippen LogP contribution in [0.25, 0.3) is 0 Å². The lowest BCUT2D eigenvalue weighted by atomic mass is 9.93. The molecule has 1 saturated heterocycles. The molecular formula is C12H21N3OS. The molecule has 2 N–H and O–H groups in total. The minimum absolute atomic E-state index is 0.0726. The molecule has 2 rings (SSSR count). The van der Waals surface area contributed by atoms with E-state index < -0.39 is 0 Å². The Kier molecular flexibility index (Phi) is 5.35. The number of hydrogen-bond acceptors (Lipinski definition) is 5. The molecule has 1 aromatic heterocycles. The Morgan fingerprint density at radius 3 is 2.94 bits per heavy atom. The van der Waals surface area contributed by atoms with Gasteiger partial charge in [0.1, 0.15) is 0 Å². The minimum Gasteiger partial charge on any atom is -0.381 e. The molecule has 2 heterocycles. The summed E-state index contributed by atoms with van der Waals surface area (Å²) in [7, 11) is 0. The third kappa shape index (κ3) is 4.33. The van der Waals surface area contributed by atoms with Crippen molar-refractivity contribution in [1.29, 1.82) is 0 Å². The van der Waals surface area contributed by atoms with Crippen LogP contribution in [0, 0.1) is 5.92 Å². The highest BCUT2D eigenvalue weighted by atomic mass is 32.1. The van der Waals surface area contributed by atoms with Crippen molar-refractivity contribution in [2.24, 2.45) is 11.7 Å². The van der Waals surface area contributed by atoms with E-state index in [4.69, 9.17) is 10.5 Å². The molecule has 0 spiro atoms. The summed E-state index contributed by atoms with van der Waals surface area (Å²) in [5, 5.41) is 5.96. The molecule has 0 bridgehead atoms. The van der Waals surface area contributed by atoms with Gasteiger partial charge >= 0.3 is 0 Å². The van der Waals surface area contributed by atoms with Gasteiger partial charge < -0.3 is 10.5 Å². The van der Waals surface area contributed by atoms with Gasteiger partial charge in [-0.3, -0.25) is 0 Å². The van der Waals surface area contributed by atoms with E-state index in [0.717, 1.165) is 31.2 Å². The van der Waals surface area contributed by atoms with Gasteiger partial charge in [-0.1, -0.05) is 23.8 Å². The third-order valence-electron chi connectivity index (χ3n) is 3.48. The fourth-order valence-electron chi connectivity index (χ4n) is 2.31. The van der Waals surface area contributed by atoms with Crippen LogP contribution in [0.15, 0.2) is 5.38 Å². The van der Waals surface area contributed by atoms with Crippen LogP contribution in [0.5, 0.6) is 0 Å². The van der Waals surface area contributed by atoms with Crippen molar-refractivity contribution in [1.82, 2.24) is 9.59 Å². The molecule has 1 fully saturated rings. The van der Waals surface area contributed by atoms with Gasteiger partial charge in [0.05, 0.1) is 5.69 Å². The van der Waals surface area contributed by atoms with Crippen molar-refractivity contribution < 1.29 is 4.74 Å². The lowest BCUT2D eigenvalue weighted by molar-refractivity contribution is 0.0631. The normalized spacial score (nSPS) is 19.4. The lowest BCUT2D eigenvalue weighted by Crippen LogP contribution is -2.15. The fourth-order valence-corrected chi connectivity index (χ4v) is 2.83. The maximum absolute atomic E-state index is 6.04. The van der Waals surface area contributed by atoms with Crippen LogP contribution >= 0.6 is 11.5 Å². The summed E-state index contributed by atoms with van der Waals surface area (Å²) in [5.74, 6) is 0.876. The molecule has 4 nitrogen and oxygen atoms in total. The zero-order chi connectivity index (χ0) is 11.9. The van der Waals surface area contributed by atoms with Crippen molar-refractivity contribution in [2.75, 3.05) is 13.2 Å². The zero-order valence-electron chi connectivity index (χ0n) is 10.2. The van der Waals surface area contributed by atoms with E-state index in [1.54, 1.807) is 0 Å². The third-order valence-corrected chi connectivity index (χ3v) is 4.00. The summed E-state index contributed by atoms with van der Waals surface area (Å²) in [6.45, 7) is 1.91. The first kappa shape index (κ1) is 12.9. The summed E-state index contributed by atoms with van der Waals surface area (Å²) in [4.78, 5) is 0. The highest BCUT2D eigenvalue weighted by Gasteiger charge is 2.14. The van der Waals surface area contributed by atoms with E-state index in [-0.39, 0.29) is 6.04 Å². The molecular weight excluding hydrogens is 234 g/mol. The van der Waals surface area contributed by atoms with E-state index in [1.807, 2.05) is 5.38 Å². The average molecular weight is 255 g/mol. The number of rotatable bonds is 6. The smallest absolute Gasteiger partial charge is 0.0922 e. The predicted octanol–water partition coefficient (Wildman–Crippen LogP) is 2.52. The maximum atomic E-state index is 6.04. The van der Waals surface area contributed by atoms with Crippen LogP contribution < -0.4 is 5.73 Å². The summed E-state index contributed by atoms with van der Waals surface area (Å²) < 4.78 is 9.20. The monoisotopic (exact) mass is 255 g/mol. The van der Waals surface area contributed by atoms with Gasteiger partial charge in [0, 0.05) is 24.6 Å². The van der Waals surface area contributed by atoms with E-state index in [1.165, 1.54) is 43.6 Å². The number of aromatic nitrogens is 2. The van der Waals surface area contributed by atoms with E-state index >= 15 is 0 Å². The zero-order valence-corrected chi connectivity index (χ0v) is 11.0. The molecule has 1 aliphatic rings. The largest absolute Gasteiger partial charge is 0.381 e. The van der Waals surface area contributed by atoms with Crippen LogP contribution in [0.1, 0.15) is 50.3 Å². The molecule has 1 aromatic rings. The van der Waals surface area contributed by atoms with E-state index in [0.29, 0.717) is 0 Å². The van der Waals surface area contributed by atoms with Gasteiger partial charge in [-0.05, 0) is 36.7 Å². The summed E-state index contributed by atoms with van der Waals surface area (Å²) in [5.41, 5.74) is 6.99. The minimum atomic E-state index is 0.0726. The second-order valence-electron chi connectivity index (χ2n) is 4.78. The van der Waals surface area contributed by atoms with Gasteiger partial charge in [-0.25, -0.2) is 0 Å². The molecule has 1 unspecified atom stereocenters. The first-order valence-corrected chi connectivity index (χ1v) is 7.30. The molecule has 1 aliphatic heterocycles. The van der Waals surface area contributed by atoms with Gasteiger partial charge in [-0.15, -0.1) is 5.10 Å². The average Bonchev–Trinajstić information content (AvgIpc) is 2.89. The summed E-state index contributed by atoms with van der Waals surface area (Å²) in [6.07, 6.45) is 7.29. The van der Waals surface area contributed by atoms with Crippen molar-refractivity contribution in [3.63, 3.8) is 0 Å². The van der Waals surface area contributed by atoms with Gasteiger partial charge in [0.15, 0.2) is 0 Å². The maximum Gasteiger partial charge on any atom is 0.0922 e. The van der Waals surface area contributed by atoms with E-state index in [2.05, 4.69) is 9.59 Å². The lowest BCUT2D eigenvalue weighted by Gasteiger charge is -2.21. The van der Waals surface area contributed by atoms with Crippen molar-refractivity contribution in [3.8, 4) is 0 Å². The first-order valence-electron chi connectivity index (χ1n) is 6.46. The highest BCUT2D eigenvalue weighted by molar-refractivity contribution is 7.03.